The van der Waals surface area contributed by atoms with Crippen molar-refractivity contribution in [3.8, 4) is 0 Å². The maximum atomic E-state index is 11.6. The fraction of sp³-hybridized carbons (Fsp3) is 0.636. The minimum Gasteiger partial charge on any atom is -0.348 e. The molecule has 0 saturated heterocycles. The molecule has 0 aromatic carbocycles. The van der Waals surface area contributed by atoms with Crippen LogP contribution in [-0.4, -0.2) is 16.0 Å². The van der Waals surface area contributed by atoms with E-state index in [0.717, 1.165) is 5.82 Å². The van der Waals surface area contributed by atoms with Crippen LogP contribution in [0.2, 0.25) is 0 Å². The van der Waals surface area contributed by atoms with Gasteiger partial charge in [0.05, 0.1) is 7.05 Å². The highest BCUT2D eigenvalue weighted by Gasteiger charge is 2.17. The van der Waals surface area contributed by atoms with Crippen LogP contribution in [-0.2, 0) is 18.4 Å². The molecule has 1 N–H and O–H groups in total. The smallest absolute Gasteiger partial charge is 0.262 e. The van der Waals surface area contributed by atoms with Gasteiger partial charge in [-0.1, -0.05) is 0 Å². The number of amides is 1. The molecular weight excluding hydrogens is 190 g/mol. The van der Waals surface area contributed by atoms with Crippen molar-refractivity contribution < 1.29 is 9.36 Å². The van der Waals surface area contributed by atoms with Gasteiger partial charge in [-0.2, -0.15) is 0 Å². The van der Waals surface area contributed by atoms with Crippen LogP contribution < -0.4 is 9.88 Å². The molecular formula is C11H20N3O+. The average Bonchev–Trinajstić information content (AvgIpc) is 2.32. The first-order valence-electron chi connectivity index (χ1n) is 5.12. The van der Waals surface area contributed by atoms with Gasteiger partial charge in [0.1, 0.15) is 12.4 Å². The second-order valence-electron chi connectivity index (χ2n) is 4.88. The molecule has 0 aliphatic carbocycles. The first kappa shape index (κ1) is 11.8. The summed E-state index contributed by atoms with van der Waals surface area (Å²) in [7, 11) is 1.97. The van der Waals surface area contributed by atoms with E-state index in [9.17, 15) is 4.79 Å². The lowest BCUT2D eigenvalue weighted by Crippen LogP contribution is -2.42. The van der Waals surface area contributed by atoms with Crippen molar-refractivity contribution in [1.29, 1.82) is 0 Å². The molecule has 0 spiro atoms. The van der Waals surface area contributed by atoms with Crippen LogP contribution >= 0.6 is 0 Å². The monoisotopic (exact) mass is 210 g/mol. The molecule has 0 atom stereocenters. The number of aromatic nitrogens is 2. The van der Waals surface area contributed by atoms with Gasteiger partial charge in [-0.05, 0) is 20.8 Å². The third kappa shape index (κ3) is 3.38. The van der Waals surface area contributed by atoms with E-state index < -0.39 is 0 Å². The lowest BCUT2D eigenvalue weighted by atomic mass is 10.1. The van der Waals surface area contributed by atoms with Crippen LogP contribution in [0.15, 0.2) is 12.4 Å². The van der Waals surface area contributed by atoms with E-state index in [1.54, 1.807) is 0 Å². The molecule has 4 heteroatoms. The Hall–Kier alpha value is -1.32. The standard InChI is InChI=1S/C11H19N3O/c1-9-13(5)6-7-14(9)8-10(15)12-11(2,3)4/h6-7H,8H2,1-5H3/p+1. The van der Waals surface area contributed by atoms with Gasteiger partial charge in [-0.3, -0.25) is 4.79 Å². The molecule has 1 amide bonds. The highest BCUT2D eigenvalue weighted by atomic mass is 16.2. The number of hydrogen-bond donors (Lipinski definition) is 1. The van der Waals surface area contributed by atoms with Crippen molar-refractivity contribution in [3.05, 3.63) is 18.2 Å². The number of carbonyl (C=O) groups excluding carboxylic acids is 1. The van der Waals surface area contributed by atoms with Crippen molar-refractivity contribution in [2.75, 3.05) is 0 Å². The van der Waals surface area contributed by atoms with Gasteiger partial charge in [0.15, 0.2) is 6.54 Å². The van der Waals surface area contributed by atoms with Gasteiger partial charge < -0.3 is 5.32 Å². The Balaban J connectivity index is 2.63. The third-order valence-electron chi connectivity index (χ3n) is 2.22. The summed E-state index contributed by atoms with van der Waals surface area (Å²) >= 11 is 0. The Morgan fingerprint density at radius 1 is 1.53 bits per heavy atom. The summed E-state index contributed by atoms with van der Waals surface area (Å²) in [5.41, 5.74) is -0.166. The third-order valence-corrected chi connectivity index (χ3v) is 2.22. The maximum absolute atomic E-state index is 11.6. The summed E-state index contributed by atoms with van der Waals surface area (Å²) in [5.74, 6) is 1.11. The van der Waals surface area contributed by atoms with E-state index in [0.29, 0.717) is 6.54 Å². The number of rotatable bonds is 2. The van der Waals surface area contributed by atoms with Gasteiger partial charge in [0.2, 0.25) is 0 Å². The number of nitrogens with zero attached hydrogens (tertiary/aromatic N) is 2. The normalized spacial score (nSPS) is 11.5. The number of hydrogen-bond acceptors (Lipinski definition) is 1. The van der Waals surface area contributed by atoms with Crippen molar-refractivity contribution in [3.63, 3.8) is 0 Å². The van der Waals surface area contributed by atoms with Gasteiger partial charge >= 0.3 is 0 Å². The van der Waals surface area contributed by atoms with Gasteiger partial charge in [0, 0.05) is 12.5 Å². The molecule has 84 valence electrons. The summed E-state index contributed by atoms with van der Waals surface area (Å²) in [4.78, 5) is 11.6. The average molecular weight is 210 g/mol. The second kappa shape index (κ2) is 4.04. The lowest BCUT2D eigenvalue weighted by molar-refractivity contribution is -0.677. The van der Waals surface area contributed by atoms with Gasteiger partial charge in [-0.15, -0.1) is 0 Å². The zero-order valence-electron chi connectivity index (χ0n) is 10.2. The minimum atomic E-state index is -0.166. The van der Waals surface area contributed by atoms with E-state index >= 15 is 0 Å². The zero-order valence-corrected chi connectivity index (χ0v) is 10.2. The fourth-order valence-electron chi connectivity index (χ4n) is 1.38. The fourth-order valence-corrected chi connectivity index (χ4v) is 1.38. The molecule has 1 aromatic heterocycles. The lowest BCUT2D eigenvalue weighted by Gasteiger charge is -2.19. The summed E-state index contributed by atoms with van der Waals surface area (Å²) in [5, 5.41) is 2.94. The number of aryl methyl sites for hydroxylation is 1. The first-order valence-corrected chi connectivity index (χ1v) is 5.12. The largest absolute Gasteiger partial charge is 0.348 e. The van der Waals surface area contributed by atoms with Crippen LogP contribution in [0.4, 0.5) is 0 Å². The SMILES string of the molecule is Cc1n(CC(=O)NC(C)(C)C)cc[n+]1C. The molecule has 0 aliphatic heterocycles. The molecule has 4 nitrogen and oxygen atoms in total. The molecule has 15 heavy (non-hydrogen) atoms. The number of carbonyl (C=O) groups is 1. The highest BCUT2D eigenvalue weighted by Crippen LogP contribution is 1.99. The van der Waals surface area contributed by atoms with Crippen molar-refractivity contribution in [1.82, 2.24) is 9.88 Å². The molecule has 1 heterocycles. The second-order valence-corrected chi connectivity index (χ2v) is 4.88. The topological polar surface area (TPSA) is 37.9 Å². The molecule has 0 radical (unpaired) electrons. The van der Waals surface area contributed by atoms with Crippen LogP contribution in [0.3, 0.4) is 0 Å². The minimum absolute atomic E-state index is 0.0433. The predicted molar refractivity (Wildman–Crippen MR) is 58.2 cm³/mol. The van der Waals surface area contributed by atoms with Crippen LogP contribution in [0.1, 0.15) is 26.6 Å². The molecule has 0 aliphatic rings. The van der Waals surface area contributed by atoms with E-state index in [1.807, 2.05) is 56.3 Å². The number of nitrogens with one attached hydrogen (secondary N) is 1. The van der Waals surface area contributed by atoms with E-state index in [2.05, 4.69) is 5.32 Å². The van der Waals surface area contributed by atoms with Crippen LogP contribution in [0.25, 0.3) is 0 Å². The molecule has 0 bridgehead atoms. The van der Waals surface area contributed by atoms with E-state index in [4.69, 9.17) is 0 Å². The van der Waals surface area contributed by atoms with Crippen LogP contribution in [0, 0.1) is 6.92 Å². The Morgan fingerprint density at radius 3 is 2.53 bits per heavy atom. The molecule has 1 rings (SSSR count). The Kier molecular flexibility index (Phi) is 3.17. The van der Waals surface area contributed by atoms with E-state index in [-0.39, 0.29) is 11.4 Å². The summed E-state index contributed by atoms with van der Waals surface area (Å²) in [6, 6.07) is 0. The maximum Gasteiger partial charge on any atom is 0.262 e. The molecule has 0 fully saturated rings. The van der Waals surface area contributed by atoms with Crippen LogP contribution in [0.5, 0.6) is 0 Å². The zero-order chi connectivity index (χ0) is 11.6. The highest BCUT2D eigenvalue weighted by molar-refractivity contribution is 5.76. The summed E-state index contributed by atoms with van der Waals surface area (Å²) in [6.45, 7) is 8.31. The Bertz CT molecular complexity index is 360. The predicted octanol–water partition coefficient (Wildman–Crippen LogP) is 0.536. The van der Waals surface area contributed by atoms with Gasteiger partial charge in [0.25, 0.3) is 11.7 Å². The molecule has 0 unspecified atom stereocenters. The van der Waals surface area contributed by atoms with Gasteiger partial charge in [-0.25, -0.2) is 9.13 Å². The quantitative estimate of drug-likeness (QED) is 0.711. The summed E-state index contributed by atoms with van der Waals surface area (Å²) < 4.78 is 3.92. The van der Waals surface area contributed by atoms with Crippen molar-refractivity contribution in [2.24, 2.45) is 7.05 Å². The summed E-state index contributed by atoms with van der Waals surface area (Å²) in [6.07, 6.45) is 3.86. The Morgan fingerprint density at radius 2 is 2.13 bits per heavy atom. The Labute approximate surface area is 90.9 Å². The molecule has 0 saturated carbocycles. The first-order chi connectivity index (χ1) is 6.79. The van der Waals surface area contributed by atoms with Crippen molar-refractivity contribution in [2.45, 2.75) is 39.8 Å². The van der Waals surface area contributed by atoms with Crippen molar-refractivity contribution >= 4 is 5.91 Å². The molecule has 1 aromatic rings. The van der Waals surface area contributed by atoms with E-state index in [1.165, 1.54) is 0 Å². The number of imidazole rings is 1.